The van der Waals surface area contributed by atoms with Crippen molar-refractivity contribution in [2.75, 3.05) is 7.11 Å². The fraction of sp³-hybridized carbons (Fsp3) is 0.375. The van der Waals surface area contributed by atoms with Crippen LogP contribution in [0.3, 0.4) is 0 Å². The predicted octanol–water partition coefficient (Wildman–Crippen LogP) is 3.06. The normalized spacial score (nSPS) is 17.1. The zero-order valence-corrected chi connectivity index (χ0v) is 13.9. The minimum absolute atomic E-state index is 0.129. The van der Waals surface area contributed by atoms with Gasteiger partial charge in [-0.1, -0.05) is 0 Å². The summed E-state index contributed by atoms with van der Waals surface area (Å²) in [5, 5.41) is 7.08. The lowest BCUT2D eigenvalue weighted by Gasteiger charge is -2.34. The molecule has 3 aromatic heterocycles. The van der Waals surface area contributed by atoms with Crippen molar-refractivity contribution in [3.05, 3.63) is 36.5 Å². The molecule has 3 aromatic rings. The second kappa shape index (κ2) is 6.12. The van der Waals surface area contributed by atoms with Crippen molar-refractivity contribution in [2.24, 2.45) is 0 Å². The zero-order valence-electron chi connectivity index (χ0n) is 13.9. The van der Waals surface area contributed by atoms with Gasteiger partial charge in [0.15, 0.2) is 5.65 Å². The highest BCUT2D eigenvalue weighted by atomic mass is 19.3. The first-order valence-electron chi connectivity index (χ1n) is 7.92. The minimum Gasteiger partial charge on any atom is -0.474 e. The molecule has 0 atom stereocenters. The Morgan fingerprint density at radius 3 is 2.56 bits per heavy atom. The van der Waals surface area contributed by atoms with Crippen LogP contribution in [0.4, 0.5) is 17.6 Å². The Bertz CT molecular complexity index is 969. The maximum Gasteiger partial charge on any atom is 0.417 e. The van der Waals surface area contributed by atoms with E-state index in [1.165, 1.54) is 24.7 Å². The zero-order chi connectivity index (χ0) is 19.2. The van der Waals surface area contributed by atoms with Crippen LogP contribution >= 0.6 is 0 Å². The highest BCUT2D eigenvalue weighted by Crippen LogP contribution is 2.39. The maximum absolute atomic E-state index is 13.8. The van der Waals surface area contributed by atoms with E-state index in [4.69, 9.17) is 4.74 Å². The van der Waals surface area contributed by atoms with Crippen molar-refractivity contribution < 1.29 is 27.0 Å². The Hall–Kier alpha value is -2.82. The molecule has 0 amide bonds. The maximum atomic E-state index is 13.8. The van der Waals surface area contributed by atoms with Crippen LogP contribution in [0.1, 0.15) is 18.7 Å². The van der Waals surface area contributed by atoms with Gasteiger partial charge in [0.2, 0.25) is 11.7 Å². The first kappa shape index (κ1) is 17.6. The SMILES string of the molecule is COC(F)(F)c1nnc2cnc(-c3ccc(OC4CC(F)(F)C4)nc3)cn12. The summed E-state index contributed by atoms with van der Waals surface area (Å²) in [5.74, 6) is -3.15. The van der Waals surface area contributed by atoms with E-state index in [2.05, 4.69) is 24.9 Å². The lowest BCUT2D eigenvalue weighted by Crippen LogP contribution is -2.43. The van der Waals surface area contributed by atoms with Gasteiger partial charge in [-0.25, -0.2) is 13.8 Å². The molecule has 3 heterocycles. The second-order valence-electron chi connectivity index (χ2n) is 6.13. The molecule has 0 bridgehead atoms. The third kappa shape index (κ3) is 3.29. The molecular formula is C16H13F4N5O2. The van der Waals surface area contributed by atoms with Gasteiger partial charge in [0.1, 0.15) is 6.10 Å². The number of halogens is 4. The summed E-state index contributed by atoms with van der Waals surface area (Å²) in [6.07, 6.45) is -0.807. The second-order valence-corrected chi connectivity index (χ2v) is 6.13. The van der Waals surface area contributed by atoms with E-state index >= 15 is 0 Å². The summed E-state index contributed by atoms with van der Waals surface area (Å²) in [5.41, 5.74) is 0.984. The third-order valence-electron chi connectivity index (χ3n) is 4.18. The number of pyridine rings is 1. The summed E-state index contributed by atoms with van der Waals surface area (Å²) in [7, 11) is 0.865. The van der Waals surface area contributed by atoms with Crippen LogP contribution < -0.4 is 4.74 Å². The molecule has 142 valence electrons. The molecule has 27 heavy (non-hydrogen) atoms. The van der Waals surface area contributed by atoms with Gasteiger partial charge in [-0.05, 0) is 6.07 Å². The van der Waals surface area contributed by atoms with E-state index in [1.54, 1.807) is 6.07 Å². The highest BCUT2D eigenvalue weighted by Gasteiger charge is 2.47. The van der Waals surface area contributed by atoms with E-state index in [0.717, 1.165) is 11.5 Å². The van der Waals surface area contributed by atoms with Gasteiger partial charge in [-0.15, -0.1) is 10.2 Å². The molecule has 0 aromatic carbocycles. The number of rotatable bonds is 5. The van der Waals surface area contributed by atoms with Crippen LogP contribution in [0.2, 0.25) is 0 Å². The first-order chi connectivity index (χ1) is 12.8. The standard InChI is InChI=1S/C16H13F4N5O2/c1-26-16(19,20)14-24-23-12-7-21-11(8-25(12)14)9-2-3-13(22-6-9)27-10-4-15(17,18)5-10/h2-3,6-8,10H,4-5H2,1H3. The van der Waals surface area contributed by atoms with Crippen molar-refractivity contribution in [3.8, 4) is 17.1 Å². The summed E-state index contributed by atoms with van der Waals surface area (Å²) < 4.78 is 63.9. The molecule has 0 radical (unpaired) electrons. The number of methoxy groups -OCH3 is 1. The molecule has 7 nitrogen and oxygen atoms in total. The van der Waals surface area contributed by atoms with Gasteiger partial charge in [-0.3, -0.25) is 9.38 Å². The molecule has 4 rings (SSSR count). The summed E-state index contributed by atoms with van der Waals surface area (Å²) >= 11 is 0. The van der Waals surface area contributed by atoms with Gasteiger partial charge < -0.3 is 9.47 Å². The van der Waals surface area contributed by atoms with E-state index in [-0.39, 0.29) is 24.4 Å². The van der Waals surface area contributed by atoms with Crippen molar-refractivity contribution in [1.82, 2.24) is 24.6 Å². The first-order valence-corrected chi connectivity index (χ1v) is 7.92. The van der Waals surface area contributed by atoms with E-state index in [0.29, 0.717) is 11.3 Å². The Morgan fingerprint density at radius 2 is 1.93 bits per heavy atom. The third-order valence-corrected chi connectivity index (χ3v) is 4.18. The van der Waals surface area contributed by atoms with Crippen LogP contribution in [0.5, 0.6) is 5.88 Å². The number of aromatic nitrogens is 5. The molecule has 1 saturated carbocycles. The van der Waals surface area contributed by atoms with Crippen molar-refractivity contribution in [3.63, 3.8) is 0 Å². The number of alkyl halides is 4. The van der Waals surface area contributed by atoms with Crippen LogP contribution in [0.25, 0.3) is 16.9 Å². The van der Waals surface area contributed by atoms with Crippen molar-refractivity contribution in [2.45, 2.75) is 31.0 Å². The number of hydrogen-bond acceptors (Lipinski definition) is 6. The molecular weight excluding hydrogens is 370 g/mol. The monoisotopic (exact) mass is 383 g/mol. The number of hydrogen-bond donors (Lipinski definition) is 0. The Kier molecular flexibility index (Phi) is 3.98. The molecule has 11 heteroatoms. The molecule has 0 aliphatic heterocycles. The van der Waals surface area contributed by atoms with Gasteiger partial charge in [0.05, 0.1) is 11.9 Å². The Morgan fingerprint density at radius 1 is 1.15 bits per heavy atom. The van der Waals surface area contributed by atoms with E-state index in [9.17, 15) is 17.6 Å². The number of nitrogens with zero attached hydrogens (tertiary/aromatic N) is 5. The highest BCUT2D eigenvalue weighted by molar-refractivity contribution is 5.59. The molecule has 0 saturated heterocycles. The topological polar surface area (TPSA) is 74.4 Å². The van der Waals surface area contributed by atoms with Crippen molar-refractivity contribution in [1.29, 1.82) is 0 Å². The molecule has 0 unspecified atom stereocenters. The average Bonchev–Trinajstić information content (AvgIpc) is 3.05. The van der Waals surface area contributed by atoms with Gasteiger partial charge in [0.25, 0.3) is 5.92 Å². The smallest absolute Gasteiger partial charge is 0.417 e. The van der Waals surface area contributed by atoms with Gasteiger partial charge >= 0.3 is 6.11 Å². The molecule has 0 N–H and O–H groups in total. The summed E-state index contributed by atoms with van der Waals surface area (Å²) in [6.45, 7) is 0. The number of fused-ring (bicyclic) bond motifs is 1. The lowest BCUT2D eigenvalue weighted by atomic mass is 9.91. The molecule has 1 aliphatic rings. The molecule has 1 fully saturated rings. The summed E-state index contributed by atoms with van der Waals surface area (Å²) in [6, 6.07) is 3.11. The van der Waals surface area contributed by atoms with Crippen LogP contribution in [-0.2, 0) is 10.8 Å². The van der Waals surface area contributed by atoms with Crippen LogP contribution in [0.15, 0.2) is 30.7 Å². The van der Waals surface area contributed by atoms with E-state index < -0.39 is 24.0 Å². The van der Waals surface area contributed by atoms with E-state index in [1.807, 2.05) is 0 Å². The number of ether oxygens (including phenoxy) is 2. The Balaban J connectivity index is 1.58. The largest absolute Gasteiger partial charge is 0.474 e. The quantitative estimate of drug-likeness (QED) is 0.631. The van der Waals surface area contributed by atoms with Gasteiger partial charge in [-0.2, -0.15) is 8.78 Å². The summed E-state index contributed by atoms with van der Waals surface area (Å²) in [4.78, 5) is 8.21. The van der Waals surface area contributed by atoms with Crippen LogP contribution in [0, 0.1) is 0 Å². The molecule has 1 aliphatic carbocycles. The molecule has 0 spiro atoms. The Labute approximate surface area is 150 Å². The van der Waals surface area contributed by atoms with Gasteiger partial charge in [0, 0.05) is 44.0 Å². The fourth-order valence-electron chi connectivity index (χ4n) is 2.70. The predicted molar refractivity (Wildman–Crippen MR) is 83.5 cm³/mol. The minimum atomic E-state index is -3.61. The van der Waals surface area contributed by atoms with Crippen molar-refractivity contribution >= 4 is 5.65 Å². The average molecular weight is 383 g/mol. The fourth-order valence-corrected chi connectivity index (χ4v) is 2.70. The van der Waals surface area contributed by atoms with Crippen LogP contribution in [-0.4, -0.2) is 43.7 Å². The lowest BCUT2D eigenvalue weighted by molar-refractivity contribution is -0.237.